The molecule has 0 N–H and O–H groups in total. The smallest absolute Gasteiger partial charge is 0.259 e. The number of pyridine rings is 1. The van der Waals surface area contributed by atoms with Gasteiger partial charge in [-0.05, 0) is 31.4 Å². The van der Waals surface area contributed by atoms with E-state index in [-0.39, 0.29) is 5.56 Å². The lowest BCUT2D eigenvalue weighted by Gasteiger charge is -2.37. The van der Waals surface area contributed by atoms with E-state index in [4.69, 9.17) is 0 Å². The molecule has 0 saturated carbocycles. The van der Waals surface area contributed by atoms with Crippen molar-refractivity contribution in [2.75, 3.05) is 24.5 Å². The van der Waals surface area contributed by atoms with E-state index >= 15 is 0 Å². The quantitative estimate of drug-likeness (QED) is 0.838. The zero-order valence-electron chi connectivity index (χ0n) is 13.0. The van der Waals surface area contributed by atoms with Gasteiger partial charge in [0.25, 0.3) is 5.56 Å². The number of carbonyl (C=O) groups excluding carboxylic acids is 1. The summed E-state index contributed by atoms with van der Waals surface area (Å²) in [6.45, 7) is 2.58. The third-order valence-electron chi connectivity index (χ3n) is 4.90. The normalized spacial score (nSPS) is 19.7. The number of aromatic nitrogens is 2. The van der Waals surface area contributed by atoms with Gasteiger partial charge in [-0.3, -0.25) is 14.0 Å². The van der Waals surface area contributed by atoms with Gasteiger partial charge in [-0.15, -0.1) is 0 Å². The van der Waals surface area contributed by atoms with E-state index in [1.807, 2.05) is 23.1 Å². The number of hydrogen-bond acceptors (Lipinski definition) is 4. The van der Waals surface area contributed by atoms with E-state index in [1.165, 1.54) is 0 Å². The average molecular weight is 312 g/mol. The lowest BCUT2D eigenvalue weighted by atomic mass is 10.0. The number of piperidine rings is 1. The maximum atomic E-state index is 12.2. The molecule has 0 aromatic carbocycles. The number of carbonyl (C=O) groups is 1. The van der Waals surface area contributed by atoms with Gasteiger partial charge in [0.15, 0.2) is 0 Å². The van der Waals surface area contributed by atoms with Gasteiger partial charge in [0.2, 0.25) is 5.91 Å². The average Bonchev–Trinajstić information content (AvgIpc) is 3.01. The third kappa shape index (κ3) is 2.58. The molecule has 6 heteroatoms. The lowest BCUT2D eigenvalue weighted by Crippen LogP contribution is -2.45. The molecule has 0 spiro atoms. The predicted octanol–water partition coefficient (Wildman–Crippen LogP) is 1.29. The molecule has 23 heavy (non-hydrogen) atoms. The van der Waals surface area contributed by atoms with Crippen molar-refractivity contribution in [2.45, 2.75) is 31.7 Å². The van der Waals surface area contributed by atoms with Gasteiger partial charge in [-0.1, -0.05) is 6.07 Å². The molecule has 2 aliphatic rings. The molecule has 0 unspecified atom stereocenters. The highest BCUT2D eigenvalue weighted by atomic mass is 16.2. The second kappa shape index (κ2) is 5.68. The zero-order valence-corrected chi connectivity index (χ0v) is 13.0. The van der Waals surface area contributed by atoms with Crippen LogP contribution in [0.5, 0.6) is 0 Å². The summed E-state index contributed by atoms with van der Waals surface area (Å²) in [7, 11) is 0. The van der Waals surface area contributed by atoms with Crippen LogP contribution in [0, 0.1) is 0 Å². The van der Waals surface area contributed by atoms with Crippen molar-refractivity contribution >= 4 is 17.4 Å². The Morgan fingerprint density at radius 3 is 2.65 bits per heavy atom. The van der Waals surface area contributed by atoms with E-state index in [0.29, 0.717) is 24.0 Å². The number of fused-ring (bicyclic) bond motifs is 1. The van der Waals surface area contributed by atoms with E-state index in [1.54, 1.807) is 16.7 Å². The number of anilines is 1. The molecule has 0 atom stereocenters. The first kappa shape index (κ1) is 14.2. The van der Waals surface area contributed by atoms with Crippen molar-refractivity contribution in [3.05, 3.63) is 40.8 Å². The highest BCUT2D eigenvalue weighted by Gasteiger charge is 2.31. The van der Waals surface area contributed by atoms with Crippen LogP contribution in [0.4, 0.5) is 5.82 Å². The van der Waals surface area contributed by atoms with Crippen LogP contribution in [-0.4, -0.2) is 45.9 Å². The Morgan fingerprint density at radius 2 is 1.91 bits per heavy atom. The first-order chi connectivity index (χ1) is 11.2. The van der Waals surface area contributed by atoms with Crippen LogP contribution in [0.1, 0.15) is 25.7 Å². The van der Waals surface area contributed by atoms with E-state index < -0.39 is 0 Å². The summed E-state index contributed by atoms with van der Waals surface area (Å²) >= 11 is 0. The fraction of sp³-hybridized carbons (Fsp3) is 0.471. The molecule has 2 fully saturated rings. The minimum atomic E-state index is -0.0533. The molecule has 2 aromatic rings. The Balaban J connectivity index is 1.52. The first-order valence-electron chi connectivity index (χ1n) is 8.25. The van der Waals surface area contributed by atoms with E-state index in [0.717, 1.165) is 44.7 Å². The second-order valence-electron chi connectivity index (χ2n) is 6.29. The van der Waals surface area contributed by atoms with E-state index in [2.05, 4.69) is 9.88 Å². The molecule has 4 heterocycles. The van der Waals surface area contributed by atoms with Gasteiger partial charge >= 0.3 is 0 Å². The van der Waals surface area contributed by atoms with Crippen molar-refractivity contribution < 1.29 is 4.79 Å². The van der Waals surface area contributed by atoms with Gasteiger partial charge < -0.3 is 9.80 Å². The molecule has 4 rings (SSSR count). The Bertz CT molecular complexity index is 793. The lowest BCUT2D eigenvalue weighted by molar-refractivity contribution is -0.130. The SMILES string of the molecule is O=C1CCCN1C1CCN(c2cc(=O)n3ccccc3n2)CC1. The maximum absolute atomic E-state index is 12.2. The molecule has 0 radical (unpaired) electrons. The monoisotopic (exact) mass is 312 g/mol. The number of hydrogen-bond donors (Lipinski definition) is 0. The summed E-state index contributed by atoms with van der Waals surface area (Å²) in [5, 5.41) is 0. The number of amides is 1. The van der Waals surface area contributed by atoms with Crippen LogP contribution in [-0.2, 0) is 4.79 Å². The molecule has 2 aliphatic heterocycles. The van der Waals surface area contributed by atoms with Crippen LogP contribution in [0.25, 0.3) is 5.65 Å². The van der Waals surface area contributed by atoms with Crippen molar-refractivity contribution in [2.24, 2.45) is 0 Å². The summed E-state index contributed by atoms with van der Waals surface area (Å²) in [6.07, 6.45) is 5.31. The zero-order chi connectivity index (χ0) is 15.8. The van der Waals surface area contributed by atoms with Crippen LogP contribution < -0.4 is 10.5 Å². The summed E-state index contributed by atoms with van der Waals surface area (Å²) in [4.78, 5) is 32.9. The van der Waals surface area contributed by atoms with Gasteiger partial charge in [0.1, 0.15) is 11.5 Å². The van der Waals surface area contributed by atoms with Gasteiger partial charge in [0, 0.05) is 44.4 Å². The standard InChI is InChI=1S/C17H20N4O2/c22-16-5-3-9-20(16)13-6-10-19(11-7-13)15-12-17(23)21-8-2-1-4-14(21)18-15/h1-2,4,8,12-13H,3,5-7,9-11H2. The number of likely N-dealkylation sites (tertiary alicyclic amines) is 1. The molecule has 0 bridgehead atoms. The highest BCUT2D eigenvalue weighted by molar-refractivity contribution is 5.78. The second-order valence-corrected chi connectivity index (χ2v) is 6.29. The molecular formula is C17H20N4O2. The molecule has 0 aliphatic carbocycles. The fourth-order valence-corrected chi connectivity index (χ4v) is 3.66. The van der Waals surface area contributed by atoms with Crippen molar-refractivity contribution in [1.82, 2.24) is 14.3 Å². The van der Waals surface area contributed by atoms with Crippen LogP contribution in [0.15, 0.2) is 35.3 Å². The van der Waals surface area contributed by atoms with Crippen LogP contribution in [0.3, 0.4) is 0 Å². The third-order valence-corrected chi connectivity index (χ3v) is 4.90. The van der Waals surface area contributed by atoms with Crippen molar-refractivity contribution in [1.29, 1.82) is 0 Å². The summed E-state index contributed by atoms with van der Waals surface area (Å²) in [5.74, 6) is 1.04. The Morgan fingerprint density at radius 1 is 1.09 bits per heavy atom. The molecule has 1 amide bonds. The van der Waals surface area contributed by atoms with Crippen LogP contribution >= 0.6 is 0 Å². The van der Waals surface area contributed by atoms with Crippen molar-refractivity contribution in [3.8, 4) is 0 Å². The minimum Gasteiger partial charge on any atom is -0.356 e. The van der Waals surface area contributed by atoms with Gasteiger partial charge in [0.05, 0.1) is 0 Å². The van der Waals surface area contributed by atoms with E-state index in [9.17, 15) is 9.59 Å². The molecular weight excluding hydrogens is 292 g/mol. The fourth-order valence-electron chi connectivity index (χ4n) is 3.66. The molecule has 6 nitrogen and oxygen atoms in total. The summed E-state index contributed by atoms with van der Waals surface area (Å²) in [5.41, 5.74) is 0.620. The number of rotatable bonds is 2. The topological polar surface area (TPSA) is 57.9 Å². The van der Waals surface area contributed by atoms with Crippen molar-refractivity contribution in [3.63, 3.8) is 0 Å². The summed E-state index contributed by atoms with van der Waals surface area (Å²) in [6, 6.07) is 7.52. The molecule has 120 valence electrons. The molecule has 2 aromatic heterocycles. The van der Waals surface area contributed by atoms with Crippen LogP contribution in [0.2, 0.25) is 0 Å². The Hall–Kier alpha value is -2.37. The largest absolute Gasteiger partial charge is 0.356 e. The Kier molecular flexibility index (Phi) is 3.52. The first-order valence-corrected chi connectivity index (χ1v) is 8.25. The maximum Gasteiger partial charge on any atom is 0.259 e. The van der Waals surface area contributed by atoms with Gasteiger partial charge in [-0.2, -0.15) is 0 Å². The highest BCUT2D eigenvalue weighted by Crippen LogP contribution is 2.24. The molecule has 2 saturated heterocycles. The summed E-state index contributed by atoms with van der Waals surface area (Å²) < 4.78 is 1.55. The minimum absolute atomic E-state index is 0.0533. The predicted molar refractivity (Wildman–Crippen MR) is 87.6 cm³/mol. The van der Waals surface area contributed by atoms with Gasteiger partial charge in [-0.25, -0.2) is 4.98 Å². The number of nitrogens with zero attached hydrogens (tertiary/aromatic N) is 4. The Labute approximate surface area is 134 Å².